The van der Waals surface area contributed by atoms with Gasteiger partial charge in [0.25, 0.3) is 0 Å². The normalized spacial score (nSPS) is 43.8. The maximum atomic E-state index is 13.6. The van der Waals surface area contributed by atoms with Crippen molar-refractivity contribution in [1.29, 1.82) is 0 Å². The van der Waals surface area contributed by atoms with Crippen molar-refractivity contribution in [3.63, 3.8) is 0 Å². The van der Waals surface area contributed by atoms with Gasteiger partial charge in [0.2, 0.25) is 0 Å². The minimum atomic E-state index is -0.654. The number of halogens is 1. The lowest BCUT2D eigenvalue weighted by Crippen LogP contribution is -2.41. The van der Waals surface area contributed by atoms with Crippen LogP contribution in [-0.2, 0) is 4.74 Å². The lowest BCUT2D eigenvalue weighted by atomic mass is 9.97. The van der Waals surface area contributed by atoms with Crippen LogP contribution in [0, 0.1) is 5.92 Å². The largest absolute Gasteiger partial charge is 0.359 e. The van der Waals surface area contributed by atoms with Crippen LogP contribution in [-0.4, -0.2) is 36.0 Å². The molecule has 0 spiro atoms. The zero-order valence-electron chi connectivity index (χ0n) is 8.59. The van der Waals surface area contributed by atoms with E-state index in [-0.39, 0.29) is 11.6 Å². The molecule has 13 heavy (non-hydrogen) atoms. The molecular formula is C10H18FNO. The maximum Gasteiger partial charge on any atom is 0.117 e. The summed E-state index contributed by atoms with van der Waals surface area (Å²) in [6, 6.07) is 0.315. The van der Waals surface area contributed by atoms with Crippen LogP contribution in [0.4, 0.5) is 4.39 Å². The number of hydrogen-bond donors (Lipinski definition) is 0. The van der Waals surface area contributed by atoms with E-state index in [1.807, 2.05) is 13.8 Å². The fraction of sp³-hybridized carbons (Fsp3) is 1.00. The summed E-state index contributed by atoms with van der Waals surface area (Å²) in [6.45, 7) is 7.36. The molecule has 0 saturated carbocycles. The zero-order valence-corrected chi connectivity index (χ0v) is 8.59. The second kappa shape index (κ2) is 2.92. The predicted molar refractivity (Wildman–Crippen MR) is 49.2 cm³/mol. The van der Waals surface area contributed by atoms with Gasteiger partial charge < -0.3 is 4.74 Å². The monoisotopic (exact) mass is 187 g/mol. The van der Waals surface area contributed by atoms with Crippen molar-refractivity contribution in [3.8, 4) is 0 Å². The van der Waals surface area contributed by atoms with Crippen LogP contribution in [0.5, 0.6) is 0 Å². The Kier molecular flexibility index (Phi) is 2.11. The maximum absolute atomic E-state index is 13.6. The number of rotatable bonds is 1. The van der Waals surface area contributed by atoms with E-state index in [0.717, 1.165) is 6.42 Å². The summed E-state index contributed by atoms with van der Waals surface area (Å²) in [5.74, 6) is 0.182. The van der Waals surface area contributed by atoms with Crippen LogP contribution in [0.2, 0.25) is 0 Å². The lowest BCUT2D eigenvalue weighted by Gasteiger charge is -2.28. The van der Waals surface area contributed by atoms with Crippen LogP contribution in [0.1, 0.15) is 27.2 Å². The van der Waals surface area contributed by atoms with E-state index in [1.165, 1.54) is 0 Å². The highest BCUT2D eigenvalue weighted by Gasteiger charge is 2.51. The van der Waals surface area contributed by atoms with Gasteiger partial charge in [-0.2, -0.15) is 0 Å². The third kappa shape index (κ3) is 1.29. The Morgan fingerprint density at radius 2 is 2.23 bits per heavy atom. The first-order valence-electron chi connectivity index (χ1n) is 5.11. The number of hydrogen-bond acceptors (Lipinski definition) is 2. The summed E-state index contributed by atoms with van der Waals surface area (Å²) in [4.78, 5) is 2.17. The molecule has 0 aliphatic carbocycles. The van der Waals surface area contributed by atoms with E-state index in [2.05, 4.69) is 11.8 Å². The highest BCUT2D eigenvalue weighted by Crippen LogP contribution is 2.40. The average molecular weight is 187 g/mol. The first-order valence-corrected chi connectivity index (χ1v) is 5.11. The zero-order chi connectivity index (χ0) is 9.64. The first-order chi connectivity index (χ1) is 6.06. The van der Waals surface area contributed by atoms with Crippen molar-refractivity contribution in [1.82, 2.24) is 4.90 Å². The SMILES string of the molecule is CC[C@@H]1[C@H](F)CN2[C@@H]1COC2(C)C. The van der Waals surface area contributed by atoms with Crippen LogP contribution in [0.15, 0.2) is 0 Å². The summed E-state index contributed by atoms with van der Waals surface area (Å²) in [5, 5.41) is 0. The number of nitrogens with zero attached hydrogens (tertiary/aromatic N) is 1. The Morgan fingerprint density at radius 1 is 1.54 bits per heavy atom. The highest BCUT2D eigenvalue weighted by molar-refractivity contribution is 5.00. The molecule has 2 nitrogen and oxygen atoms in total. The number of fused-ring (bicyclic) bond motifs is 1. The van der Waals surface area contributed by atoms with E-state index < -0.39 is 6.17 Å². The molecule has 2 rings (SSSR count). The van der Waals surface area contributed by atoms with Crippen molar-refractivity contribution in [2.24, 2.45) is 5.92 Å². The molecule has 0 unspecified atom stereocenters. The molecule has 2 heterocycles. The molecule has 2 aliphatic heterocycles. The van der Waals surface area contributed by atoms with Crippen LogP contribution in [0.3, 0.4) is 0 Å². The second-order valence-electron chi connectivity index (χ2n) is 4.57. The van der Waals surface area contributed by atoms with E-state index in [9.17, 15) is 4.39 Å². The molecule has 0 amide bonds. The van der Waals surface area contributed by atoms with Crippen LogP contribution in [0.25, 0.3) is 0 Å². The molecule has 3 heteroatoms. The molecule has 0 aromatic rings. The smallest absolute Gasteiger partial charge is 0.117 e. The molecule has 0 N–H and O–H groups in total. The van der Waals surface area contributed by atoms with Crippen LogP contribution >= 0.6 is 0 Å². The molecule has 3 atom stereocenters. The van der Waals surface area contributed by atoms with Gasteiger partial charge in [-0.15, -0.1) is 0 Å². The van der Waals surface area contributed by atoms with Crippen molar-refractivity contribution in [2.45, 2.75) is 45.1 Å². The summed E-state index contributed by atoms with van der Waals surface area (Å²) < 4.78 is 19.2. The van der Waals surface area contributed by atoms with E-state index in [1.54, 1.807) is 0 Å². The standard InChI is InChI=1S/C10H18FNO/c1-4-7-8(11)5-12-9(7)6-13-10(12,2)3/h7-9H,4-6H2,1-3H3/t7-,8-,9-/m1/s1. The molecule has 2 saturated heterocycles. The van der Waals surface area contributed by atoms with Gasteiger partial charge in [0.15, 0.2) is 0 Å². The molecule has 0 bridgehead atoms. The highest BCUT2D eigenvalue weighted by atomic mass is 19.1. The molecule has 2 aliphatic rings. The predicted octanol–water partition coefficient (Wildman–Crippen LogP) is 1.80. The first kappa shape index (κ1) is 9.41. The average Bonchev–Trinajstić information content (AvgIpc) is 2.50. The Labute approximate surface area is 79.1 Å². The van der Waals surface area contributed by atoms with E-state index >= 15 is 0 Å². The third-order valence-corrected chi connectivity index (χ3v) is 3.50. The number of ether oxygens (including phenoxy) is 1. The Balaban J connectivity index is 2.17. The van der Waals surface area contributed by atoms with Gasteiger partial charge in [-0.3, -0.25) is 4.90 Å². The van der Waals surface area contributed by atoms with Crippen molar-refractivity contribution in [2.75, 3.05) is 13.2 Å². The van der Waals surface area contributed by atoms with Gasteiger partial charge in [-0.25, -0.2) is 4.39 Å². The minimum Gasteiger partial charge on any atom is -0.359 e. The quantitative estimate of drug-likeness (QED) is 0.620. The summed E-state index contributed by atoms with van der Waals surface area (Å²) >= 11 is 0. The summed E-state index contributed by atoms with van der Waals surface area (Å²) in [6.07, 6.45) is 0.264. The molecular weight excluding hydrogens is 169 g/mol. The van der Waals surface area contributed by atoms with Crippen molar-refractivity contribution >= 4 is 0 Å². The van der Waals surface area contributed by atoms with Gasteiger partial charge in [0.05, 0.1) is 6.61 Å². The van der Waals surface area contributed by atoms with Gasteiger partial charge in [0, 0.05) is 18.5 Å². The topological polar surface area (TPSA) is 12.5 Å². The molecule has 0 aromatic heterocycles. The fourth-order valence-electron chi connectivity index (χ4n) is 2.66. The molecule has 0 aromatic carbocycles. The Bertz CT molecular complexity index is 207. The Morgan fingerprint density at radius 3 is 2.85 bits per heavy atom. The molecule has 76 valence electrons. The lowest BCUT2D eigenvalue weighted by molar-refractivity contribution is -0.0520. The van der Waals surface area contributed by atoms with Gasteiger partial charge >= 0.3 is 0 Å². The Hall–Kier alpha value is -0.150. The minimum absolute atomic E-state index is 0.182. The van der Waals surface area contributed by atoms with E-state index in [4.69, 9.17) is 4.74 Å². The second-order valence-corrected chi connectivity index (χ2v) is 4.57. The molecule has 0 radical (unpaired) electrons. The number of alkyl halides is 1. The summed E-state index contributed by atoms with van der Waals surface area (Å²) in [5.41, 5.74) is -0.251. The summed E-state index contributed by atoms with van der Waals surface area (Å²) in [7, 11) is 0. The van der Waals surface area contributed by atoms with Gasteiger partial charge in [-0.05, 0) is 20.3 Å². The van der Waals surface area contributed by atoms with Crippen molar-refractivity contribution in [3.05, 3.63) is 0 Å². The molecule has 2 fully saturated rings. The van der Waals surface area contributed by atoms with Crippen molar-refractivity contribution < 1.29 is 9.13 Å². The van der Waals surface area contributed by atoms with Gasteiger partial charge in [0.1, 0.15) is 11.9 Å². The van der Waals surface area contributed by atoms with Gasteiger partial charge in [-0.1, -0.05) is 6.92 Å². The third-order valence-electron chi connectivity index (χ3n) is 3.50. The van der Waals surface area contributed by atoms with Crippen LogP contribution < -0.4 is 0 Å². The van der Waals surface area contributed by atoms with E-state index in [0.29, 0.717) is 19.2 Å². The fourth-order valence-corrected chi connectivity index (χ4v) is 2.66.